The number of nitrogens with zero attached hydrogens (tertiary/aromatic N) is 1. The largest absolute Gasteiger partial charge is 0.497 e. The SMILES string of the molecule is COc1ccc(Br)c(CC(=O)C2CC3CCC(C2)N3C)c1. The van der Waals surface area contributed by atoms with E-state index in [4.69, 9.17) is 4.74 Å². The first-order chi connectivity index (χ1) is 10.1. The number of hydrogen-bond donors (Lipinski definition) is 0. The van der Waals surface area contributed by atoms with Crippen LogP contribution in [0, 0.1) is 5.92 Å². The normalized spacial score (nSPS) is 28.6. The van der Waals surface area contributed by atoms with Crippen molar-refractivity contribution in [3.63, 3.8) is 0 Å². The van der Waals surface area contributed by atoms with Crippen molar-refractivity contribution in [3.05, 3.63) is 28.2 Å². The second-order valence-electron chi connectivity index (χ2n) is 6.32. The van der Waals surface area contributed by atoms with Gasteiger partial charge >= 0.3 is 0 Å². The van der Waals surface area contributed by atoms with Gasteiger partial charge in [-0.15, -0.1) is 0 Å². The van der Waals surface area contributed by atoms with E-state index < -0.39 is 0 Å². The van der Waals surface area contributed by atoms with E-state index in [1.807, 2.05) is 18.2 Å². The minimum Gasteiger partial charge on any atom is -0.497 e. The molecule has 3 nitrogen and oxygen atoms in total. The third-order valence-corrected chi connectivity index (χ3v) is 5.94. The third-order valence-electron chi connectivity index (χ3n) is 5.17. The van der Waals surface area contributed by atoms with Gasteiger partial charge in [0.25, 0.3) is 0 Å². The van der Waals surface area contributed by atoms with Gasteiger partial charge in [0.1, 0.15) is 11.5 Å². The molecule has 114 valence electrons. The summed E-state index contributed by atoms with van der Waals surface area (Å²) in [5.41, 5.74) is 1.03. The van der Waals surface area contributed by atoms with Crippen molar-refractivity contribution in [3.8, 4) is 5.75 Å². The second-order valence-corrected chi connectivity index (χ2v) is 7.17. The first kappa shape index (κ1) is 15.0. The monoisotopic (exact) mass is 351 g/mol. The molecule has 0 spiro atoms. The molecule has 1 aromatic carbocycles. The Kier molecular flexibility index (Phi) is 4.36. The molecule has 0 N–H and O–H groups in total. The highest BCUT2D eigenvalue weighted by atomic mass is 79.9. The molecular formula is C17H22BrNO2. The number of ether oxygens (including phenoxy) is 1. The topological polar surface area (TPSA) is 29.5 Å². The Morgan fingerprint density at radius 2 is 2.00 bits per heavy atom. The van der Waals surface area contributed by atoms with Crippen LogP contribution in [0.5, 0.6) is 5.75 Å². The van der Waals surface area contributed by atoms with E-state index in [1.54, 1.807) is 7.11 Å². The second kappa shape index (κ2) is 6.09. The molecule has 1 aromatic rings. The van der Waals surface area contributed by atoms with E-state index in [0.29, 0.717) is 24.3 Å². The van der Waals surface area contributed by atoms with Gasteiger partial charge in [0.05, 0.1) is 7.11 Å². The molecule has 0 aliphatic carbocycles. The number of ketones is 1. The first-order valence-electron chi connectivity index (χ1n) is 7.65. The molecule has 21 heavy (non-hydrogen) atoms. The van der Waals surface area contributed by atoms with Crippen LogP contribution in [0.4, 0.5) is 0 Å². The van der Waals surface area contributed by atoms with Gasteiger partial charge in [-0.05, 0) is 56.5 Å². The highest BCUT2D eigenvalue weighted by Crippen LogP contribution is 2.38. The summed E-state index contributed by atoms with van der Waals surface area (Å²) in [7, 11) is 3.87. The number of carbonyl (C=O) groups excluding carboxylic acids is 1. The fourth-order valence-electron chi connectivity index (χ4n) is 3.82. The third kappa shape index (κ3) is 3.02. The maximum absolute atomic E-state index is 12.7. The molecule has 2 unspecified atom stereocenters. The number of halogens is 1. The van der Waals surface area contributed by atoms with Crippen LogP contribution in [-0.2, 0) is 11.2 Å². The quantitative estimate of drug-likeness (QED) is 0.831. The molecule has 0 radical (unpaired) electrons. The summed E-state index contributed by atoms with van der Waals surface area (Å²) in [5, 5.41) is 0. The summed E-state index contributed by atoms with van der Waals surface area (Å²) in [6.45, 7) is 0. The Bertz CT molecular complexity index is 532. The number of benzene rings is 1. The summed E-state index contributed by atoms with van der Waals surface area (Å²) in [6, 6.07) is 7.07. The van der Waals surface area contributed by atoms with E-state index >= 15 is 0 Å². The highest BCUT2D eigenvalue weighted by Gasteiger charge is 2.40. The maximum atomic E-state index is 12.7. The molecule has 2 aliphatic rings. The van der Waals surface area contributed by atoms with Gasteiger partial charge in [-0.3, -0.25) is 4.79 Å². The van der Waals surface area contributed by atoms with E-state index in [-0.39, 0.29) is 5.92 Å². The average Bonchev–Trinajstić information content (AvgIpc) is 2.71. The number of carbonyl (C=O) groups is 1. The number of fused-ring (bicyclic) bond motifs is 2. The molecule has 4 heteroatoms. The van der Waals surface area contributed by atoms with Crippen molar-refractivity contribution >= 4 is 21.7 Å². The minimum atomic E-state index is 0.233. The summed E-state index contributed by atoms with van der Waals surface area (Å²) >= 11 is 3.54. The van der Waals surface area contributed by atoms with Crippen LogP contribution in [-0.4, -0.2) is 36.9 Å². The van der Waals surface area contributed by atoms with Crippen LogP contribution in [0.2, 0.25) is 0 Å². The van der Waals surface area contributed by atoms with Gasteiger partial charge in [0, 0.05) is 28.9 Å². The van der Waals surface area contributed by atoms with Crippen molar-refractivity contribution in [1.29, 1.82) is 0 Å². The highest BCUT2D eigenvalue weighted by molar-refractivity contribution is 9.10. The average molecular weight is 352 g/mol. The van der Waals surface area contributed by atoms with E-state index in [1.165, 1.54) is 12.8 Å². The van der Waals surface area contributed by atoms with Crippen LogP contribution >= 0.6 is 15.9 Å². The fourth-order valence-corrected chi connectivity index (χ4v) is 4.21. The lowest BCUT2D eigenvalue weighted by atomic mass is 9.85. The Morgan fingerprint density at radius 3 is 2.62 bits per heavy atom. The summed E-state index contributed by atoms with van der Waals surface area (Å²) in [5.74, 6) is 1.43. The molecule has 2 heterocycles. The zero-order valence-corrected chi connectivity index (χ0v) is 14.2. The van der Waals surface area contributed by atoms with Crippen LogP contribution in [0.1, 0.15) is 31.2 Å². The molecular weight excluding hydrogens is 330 g/mol. The zero-order valence-electron chi connectivity index (χ0n) is 12.6. The number of rotatable bonds is 4. The van der Waals surface area contributed by atoms with Crippen LogP contribution < -0.4 is 4.74 Å². The summed E-state index contributed by atoms with van der Waals surface area (Å²) in [4.78, 5) is 15.1. The fraction of sp³-hybridized carbons (Fsp3) is 0.588. The number of methoxy groups -OCH3 is 1. The molecule has 0 saturated carbocycles. The number of hydrogen-bond acceptors (Lipinski definition) is 3. The molecule has 2 bridgehead atoms. The van der Waals surface area contributed by atoms with Crippen LogP contribution in [0.25, 0.3) is 0 Å². The van der Waals surface area contributed by atoms with Gasteiger partial charge in [0.15, 0.2) is 0 Å². The van der Waals surface area contributed by atoms with Crippen LogP contribution in [0.3, 0.4) is 0 Å². The predicted octanol–water partition coefficient (Wildman–Crippen LogP) is 3.44. The lowest BCUT2D eigenvalue weighted by Gasteiger charge is -2.35. The number of piperidine rings is 1. The lowest BCUT2D eigenvalue weighted by molar-refractivity contribution is -0.124. The van der Waals surface area contributed by atoms with Crippen molar-refractivity contribution in [1.82, 2.24) is 4.90 Å². The van der Waals surface area contributed by atoms with Gasteiger partial charge in [-0.1, -0.05) is 15.9 Å². The van der Waals surface area contributed by atoms with Crippen molar-refractivity contribution in [2.24, 2.45) is 5.92 Å². The van der Waals surface area contributed by atoms with E-state index in [0.717, 1.165) is 28.6 Å². The molecule has 2 atom stereocenters. The molecule has 0 aromatic heterocycles. The smallest absolute Gasteiger partial charge is 0.140 e. The standard InChI is InChI=1S/C17H22BrNO2/c1-19-13-3-4-14(19)8-12(7-13)17(20)10-11-9-15(21-2)5-6-16(11)18/h5-6,9,12-14H,3-4,7-8,10H2,1-2H3. The zero-order chi connectivity index (χ0) is 15.0. The molecule has 2 saturated heterocycles. The summed E-state index contributed by atoms with van der Waals surface area (Å²) in [6.07, 6.45) is 5.09. The Morgan fingerprint density at radius 1 is 1.33 bits per heavy atom. The molecule has 2 fully saturated rings. The predicted molar refractivity (Wildman–Crippen MR) is 86.7 cm³/mol. The van der Waals surface area contributed by atoms with Crippen LogP contribution in [0.15, 0.2) is 22.7 Å². The van der Waals surface area contributed by atoms with Gasteiger partial charge < -0.3 is 9.64 Å². The molecule has 3 rings (SSSR count). The van der Waals surface area contributed by atoms with Crippen molar-refractivity contribution in [2.75, 3.05) is 14.2 Å². The lowest BCUT2D eigenvalue weighted by Crippen LogP contribution is -2.42. The van der Waals surface area contributed by atoms with Crippen molar-refractivity contribution < 1.29 is 9.53 Å². The molecule has 2 aliphatic heterocycles. The molecule has 0 amide bonds. The van der Waals surface area contributed by atoms with E-state index in [2.05, 4.69) is 27.9 Å². The number of Topliss-reactive ketones (excluding diaryl/α,β-unsaturated/α-hetero) is 1. The summed E-state index contributed by atoms with van der Waals surface area (Å²) < 4.78 is 6.25. The Labute approximate surface area is 134 Å². The van der Waals surface area contributed by atoms with Gasteiger partial charge in [-0.2, -0.15) is 0 Å². The minimum absolute atomic E-state index is 0.233. The van der Waals surface area contributed by atoms with Gasteiger partial charge in [0.2, 0.25) is 0 Å². The Hall–Kier alpha value is -0.870. The van der Waals surface area contributed by atoms with Crippen molar-refractivity contribution in [2.45, 2.75) is 44.2 Å². The van der Waals surface area contributed by atoms with E-state index in [9.17, 15) is 4.79 Å². The maximum Gasteiger partial charge on any atom is 0.140 e. The first-order valence-corrected chi connectivity index (χ1v) is 8.45. The van der Waals surface area contributed by atoms with Gasteiger partial charge in [-0.25, -0.2) is 0 Å². The Balaban J connectivity index is 1.70.